The first-order valence-corrected chi connectivity index (χ1v) is 5.44. The number of methoxy groups -OCH3 is 2. The Morgan fingerprint density at radius 2 is 2.24 bits per heavy atom. The van der Waals surface area contributed by atoms with Gasteiger partial charge in [-0.25, -0.2) is 0 Å². The van der Waals surface area contributed by atoms with Gasteiger partial charge in [0.15, 0.2) is 11.5 Å². The molecule has 0 amide bonds. The van der Waals surface area contributed by atoms with Gasteiger partial charge in [0, 0.05) is 18.5 Å². The van der Waals surface area contributed by atoms with Crippen molar-refractivity contribution in [3.63, 3.8) is 0 Å². The van der Waals surface area contributed by atoms with Crippen LogP contribution >= 0.6 is 0 Å². The fraction of sp³-hybridized carbons (Fsp3) is 0.417. The van der Waals surface area contributed by atoms with E-state index < -0.39 is 0 Å². The first kappa shape index (κ1) is 11.7. The molecule has 0 radical (unpaired) electrons. The molecule has 2 rings (SSSR count). The Kier molecular flexibility index (Phi) is 3.49. The van der Waals surface area contributed by atoms with Crippen molar-refractivity contribution in [1.29, 1.82) is 0 Å². The Hall–Kier alpha value is -1.75. The van der Waals surface area contributed by atoms with Crippen LogP contribution in [0, 0.1) is 0 Å². The molecular weight excluding hydrogens is 220 g/mol. The maximum Gasteiger partial charge on any atom is 0.169 e. The summed E-state index contributed by atoms with van der Waals surface area (Å²) < 4.78 is 10.6. The maximum atomic E-state index is 5.55. The molecule has 0 saturated carbocycles. The summed E-state index contributed by atoms with van der Waals surface area (Å²) in [6.45, 7) is 0.458. The molecule has 17 heavy (non-hydrogen) atoms. The average Bonchev–Trinajstić information content (AvgIpc) is 2.86. The fourth-order valence-electron chi connectivity index (χ4n) is 1.83. The molecule has 1 aromatic rings. The highest BCUT2D eigenvalue weighted by atomic mass is 16.6. The number of ether oxygens (including phenoxy) is 2. The lowest BCUT2D eigenvalue weighted by molar-refractivity contribution is 0.0918. The quantitative estimate of drug-likeness (QED) is 0.851. The highest BCUT2D eigenvalue weighted by molar-refractivity contribution is 6.04. The number of nitrogens with two attached hydrogens (primary N) is 1. The number of para-hydroxylation sites is 1. The molecule has 0 bridgehead atoms. The number of hydrogen-bond acceptors (Lipinski definition) is 5. The summed E-state index contributed by atoms with van der Waals surface area (Å²) in [6.07, 6.45) is 0.654. The molecule has 0 fully saturated rings. The zero-order valence-electron chi connectivity index (χ0n) is 9.97. The number of oxime groups is 1. The van der Waals surface area contributed by atoms with Gasteiger partial charge < -0.3 is 20.0 Å². The minimum Gasteiger partial charge on any atom is -0.493 e. The van der Waals surface area contributed by atoms with Gasteiger partial charge in [0.25, 0.3) is 0 Å². The van der Waals surface area contributed by atoms with E-state index in [1.165, 1.54) is 0 Å². The topological polar surface area (TPSA) is 66.1 Å². The average molecular weight is 236 g/mol. The van der Waals surface area contributed by atoms with Crippen molar-refractivity contribution in [2.24, 2.45) is 10.9 Å². The first-order chi connectivity index (χ1) is 8.30. The van der Waals surface area contributed by atoms with Crippen molar-refractivity contribution in [2.45, 2.75) is 12.5 Å². The summed E-state index contributed by atoms with van der Waals surface area (Å²) in [7, 11) is 3.22. The smallest absolute Gasteiger partial charge is 0.169 e. The Morgan fingerprint density at radius 1 is 1.41 bits per heavy atom. The Bertz CT molecular complexity index is 432. The van der Waals surface area contributed by atoms with Crippen LogP contribution in [0.3, 0.4) is 0 Å². The molecule has 5 heteroatoms. The van der Waals surface area contributed by atoms with Crippen LogP contribution in [0.15, 0.2) is 23.4 Å². The molecule has 1 atom stereocenters. The van der Waals surface area contributed by atoms with Crippen molar-refractivity contribution in [1.82, 2.24) is 0 Å². The number of rotatable bonds is 4. The van der Waals surface area contributed by atoms with Gasteiger partial charge in [0.1, 0.15) is 6.10 Å². The van der Waals surface area contributed by atoms with Crippen LogP contribution in [0.2, 0.25) is 0 Å². The summed E-state index contributed by atoms with van der Waals surface area (Å²) in [5.74, 6) is 1.36. The van der Waals surface area contributed by atoms with Gasteiger partial charge in [-0.15, -0.1) is 0 Å². The zero-order valence-corrected chi connectivity index (χ0v) is 9.97. The number of benzene rings is 1. The second-order valence-electron chi connectivity index (χ2n) is 3.75. The highest BCUT2D eigenvalue weighted by Crippen LogP contribution is 2.33. The van der Waals surface area contributed by atoms with Crippen LogP contribution in [0.5, 0.6) is 11.5 Å². The molecular formula is C12H16N2O3. The minimum absolute atomic E-state index is 0.0408. The summed E-state index contributed by atoms with van der Waals surface area (Å²) in [5.41, 5.74) is 7.28. The monoisotopic (exact) mass is 236 g/mol. The van der Waals surface area contributed by atoms with Crippen LogP contribution in [-0.4, -0.2) is 32.6 Å². The molecule has 92 valence electrons. The number of nitrogens with zero attached hydrogens (tertiary/aromatic N) is 1. The Labute approximate surface area is 100 Å². The van der Waals surface area contributed by atoms with Crippen LogP contribution < -0.4 is 15.2 Å². The van der Waals surface area contributed by atoms with Crippen molar-refractivity contribution in [3.8, 4) is 11.5 Å². The molecule has 1 aliphatic heterocycles. The first-order valence-electron chi connectivity index (χ1n) is 5.44. The van der Waals surface area contributed by atoms with Gasteiger partial charge in [-0.1, -0.05) is 11.2 Å². The lowest BCUT2D eigenvalue weighted by Crippen LogP contribution is -2.20. The van der Waals surface area contributed by atoms with Crippen molar-refractivity contribution < 1.29 is 14.3 Å². The van der Waals surface area contributed by atoms with E-state index in [1.54, 1.807) is 14.2 Å². The molecule has 0 aromatic heterocycles. The summed E-state index contributed by atoms with van der Waals surface area (Å²) in [6, 6.07) is 5.68. The molecule has 1 unspecified atom stereocenters. The Morgan fingerprint density at radius 3 is 2.82 bits per heavy atom. The molecule has 0 aliphatic carbocycles. The molecule has 1 aliphatic rings. The molecule has 2 N–H and O–H groups in total. The second kappa shape index (κ2) is 5.05. The van der Waals surface area contributed by atoms with E-state index in [2.05, 4.69) is 5.16 Å². The van der Waals surface area contributed by atoms with Gasteiger partial charge in [-0.2, -0.15) is 0 Å². The van der Waals surface area contributed by atoms with E-state index in [-0.39, 0.29) is 6.10 Å². The van der Waals surface area contributed by atoms with Crippen LogP contribution in [-0.2, 0) is 4.84 Å². The molecule has 0 saturated heterocycles. The van der Waals surface area contributed by atoms with Gasteiger partial charge in [0.2, 0.25) is 0 Å². The summed E-state index contributed by atoms with van der Waals surface area (Å²) >= 11 is 0. The minimum atomic E-state index is -0.0408. The van der Waals surface area contributed by atoms with Crippen molar-refractivity contribution in [3.05, 3.63) is 23.8 Å². The predicted molar refractivity (Wildman–Crippen MR) is 64.6 cm³/mol. The third-order valence-corrected chi connectivity index (χ3v) is 2.71. The zero-order chi connectivity index (χ0) is 12.3. The lowest BCUT2D eigenvalue weighted by atomic mass is 10.0. The van der Waals surface area contributed by atoms with Gasteiger partial charge in [-0.05, 0) is 12.1 Å². The van der Waals surface area contributed by atoms with E-state index in [0.717, 1.165) is 11.3 Å². The van der Waals surface area contributed by atoms with Gasteiger partial charge in [0.05, 0.1) is 19.9 Å². The van der Waals surface area contributed by atoms with Gasteiger partial charge >= 0.3 is 0 Å². The second-order valence-corrected chi connectivity index (χ2v) is 3.75. The van der Waals surface area contributed by atoms with E-state index in [9.17, 15) is 0 Å². The van der Waals surface area contributed by atoms with Crippen LogP contribution in [0.4, 0.5) is 0 Å². The summed E-state index contributed by atoms with van der Waals surface area (Å²) in [4.78, 5) is 5.21. The fourth-order valence-corrected chi connectivity index (χ4v) is 1.83. The van der Waals surface area contributed by atoms with E-state index in [1.807, 2.05) is 18.2 Å². The largest absolute Gasteiger partial charge is 0.493 e. The van der Waals surface area contributed by atoms with Crippen molar-refractivity contribution >= 4 is 5.71 Å². The molecule has 0 spiro atoms. The third kappa shape index (κ3) is 2.19. The normalized spacial score (nSPS) is 18.5. The molecule has 1 aromatic carbocycles. The van der Waals surface area contributed by atoms with Gasteiger partial charge in [-0.3, -0.25) is 0 Å². The Balaban J connectivity index is 2.33. The maximum absolute atomic E-state index is 5.55. The van der Waals surface area contributed by atoms with E-state index >= 15 is 0 Å². The predicted octanol–water partition coefficient (Wildman–Crippen LogP) is 1.16. The highest BCUT2D eigenvalue weighted by Gasteiger charge is 2.24. The number of hydrogen-bond donors (Lipinski definition) is 1. The van der Waals surface area contributed by atoms with E-state index in [4.69, 9.17) is 20.0 Å². The van der Waals surface area contributed by atoms with Crippen LogP contribution in [0.25, 0.3) is 0 Å². The molecule has 5 nitrogen and oxygen atoms in total. The molecule has 1 heterocycles. The standard InChI is InChI=1S/C12H16N2O3/c1-15-11-5-3-4-9(12(11)16-2)10-6-8(7-13)17-14-10/h3-5,8H,6-7,13H2,1-2H3. The third-order valence-electron chi connectivity index (χ3n) is 2.71. The summed E-state index contributed by atoms with van der Waals surface area (Å²) in [5, 5.41) is 4.04. The lowest BCUT2D eigenvalue weighted by Gasteiger charge is -2.11. The SMILES string of the molecule is COc1cccc(C2=NOC(CN)C2)c1OC. The van der Waals surface area contributed by atoms with E-state index in [0.29, 0.717) is 24.5 Å². The van der Waals surface area contributed by atoms with Crippen LogP contribution in [0.1, 0.15) is 12.0 Å². The van der Waals surface area contributed by atoms with Crippen molar-refractivity contribution in [2.75, 3.05) is 20.8 Å².